The van der Waals surface area contributed by atoms with Gasteiger partial charge in [-0.25, -0.2) is 5.14 Å². The Kier molecular flexibility index (Phi) is 3.05. The fraction of sp³-hybridized carbons (Fsp3) is 1.00. The highest BCUT2D eigenvalue weighted by atomic mass is 32.2. The van der Waals surface area contributed by atoms with Gasteiger partial charge in [0, 0.05) is 19.1 Å². The molecule has 0 aliphatic heterocycles. The van der Waals surface area contributed by atoms with E-state index in [0.717, 1.165) is 19.3 Å². The molecule has 12 heavy (non-hydrogen) atoms. The summed E-state index contributed by atoms with van der Waals surface area (Å²) in [6, 6.07) is 0.101. The molecule has 1 fully saturated rings. The Balaban J connectivity index is 2.60. The second-order valence-corrected chi connectivity index (χ2v) is 4.53. The van der Waals surface area contributed by atoms with Crippen LogP contribution in [0, 0.1) is 0 Å². The summed E-state index contributed by atoms with van der Waals surface area (Å²) in [5.41, 5.74) is 5.28. The summed E-state index contributed by atoms with van der Waals surface area (Å²) in [5.74, 6) is 0. The minimum absolute atomic E-state index is 0.101. The van der Waals surface area contributed by atoms with Gasteiger partial charge in [-0.2, -0.15) is 12.7 Å². The summed E-state index contributed by atoms with van der Waals surface area (Å²) in [4.78, 5) is 0. The lowest BCUT2D eigenvalue weighted by atomic mass is 9.93. The zero-order valence-electron chi connectivity index (χ0n) is 6.94. The summed E-state index contributed by atoms with van der Waals surface area (Å²) >= 11 is 0. The molecule has 1 saturated carbocycles. The Morgan fingerprint density at radius 3 is 2.25 bits per heavy atom. The highest BCUT2D eigenvalue weighted by molar-refractivity contribution is 7.86. The molecule has 1 rings (SSSR count). The third-order valence-electron chi connectivity index (χ3n) is 2.16. The fourth-order valence-electron chi connectivity index (χ4n) is 1.32. The zero-order chi connectivity index (χ0) is 9.19. The summed E-state index contributed by atoms with van der Waals surface area (Å²) in [6.45, 7) is 0.663. The van der Waals surface area contributed by atoms with Crippen LogP contribution >= 0.6 is 0 Å². The van der Waals surface area contributed by atoms with Crippen molar-refractivity contribution in [3.8, 4) is 0 Å². The minimum atomic E-state index is -3.53. The van der Waals surface area contributed by atoms with Crippen molar-refractivity contribution in [3.63, 3.8) is 0 Å². The van der Waals surface area contributed by atoms with Crippen molar-refractivity contribution in [1.82, 2.24) is 4.31 Å². The molecule has 0 saturated heterocycles. The van der Waals surface area contributed by atoms with E-state index < -0.39 is 10.2 Å². The van der Waals surface area contributed by atoms with Crippen molar-refractivity contribution in [2.24, 2.45) is 10.9 Å². The summed E-state index contributed by atoms with van der Waals surface area (Å²) in [5, 5.41) is 5.02. The molecule has 6 heteroatoms. The molecular weight excluding hydrogens is 178 g/mol. The average Bonchev–Trinajstić information content (AvgIpc) is 1.80. The van der Waals surface area contributed by atoms with Gasteiger partial charge in [0.05, 0.1) is 0 Å². The lowest BCUT2D eigenvalue weighted by molar-refractivity contribution is 0.223. The van der Waals surface area contributed by atoms with Gasteiger partial charge >= 0.3 is 0 Å². The molecule has 0 unspecified atom stereocenters. The van der Waals surface area contributed by atoms with Gasteiger partial charge in [-0.1, -0.05) is 6.42 Å². The largest absolute Gasteiger partial charge is 0.329 e. The molecule has 0 atom stereocenters. The lowest BCUT2D eigenvalue weighted by Crippen LogP contribution is -2.49. The highest BCUT2D eigenvalue weighted by Crippen LogP contribution is 2.25. The van der Waals surface area contributed by atoms with Crippen LogP contribution in [0.4, 0.5) is 0 Å². The van der Waals surface area contributed by atoms with Crippen molar-refractivity contribution >= 4 is 10.2 Å². The third kappa shape index (κ3) is 2.16. The molecule has 0 amide bonds. The van der Waals surface area contributed by atoms with E-state index in [9.17, 15) is 8.42 Å². The number of hydrogen-bond acceptors (Lipinski definition) is 3. The van der Waals surface area contributed by atoms with Crippen LogP contribution in [-0.4, -0.2) is 31.9 Å². The molecule has 0 radical (unpaired) electrons. The fourth-order valence-corrected chi connectivity index (χ4v) is 2.31. The molecule has 0 bridgehead atoms. The monoisotopic (exact) mass is 193 g/mol. The first kappa shape index (κ1) is 9.91. The highest BCUT2D eigenvalue weighted by Gasteiger charge is 2.30. The van der Waals surface area contributed by atoms with Gasteiger partial charge < -0.3 is 5.73 Å². The predicted molar refractivity (Wildman–Crippen MR) is 46.5 cm³/mol. The SMILES string of the molecule is NCCN(C1CCC1)S(N)(=O)=O. The molecule has 1 aliphatic rings. The second kappa shape index (κ2) is 3.69. The van der Waals surface area contributed by atoms with Crippen LogP contribution in [0.5, 0.6) is 0 Å². The van der Waals surface area contributed by atoms with Crippen LogP contribution in [0.15, 0.2) is 0 Å². The average molecular weight is 193 g/mol. The normalized spacial score (nSPS) is 19.6. The molecule has 1 aliphatic carbocycles. The van der Waals surface area contributed by atoms with Crippen LogP contribution in [0.1, 0.15) is 19.3 Å². The maximum Gasteiger partial charge on any atom is 0.277 e. The molecule has 72 valence electrons. The summed E-state index contributed by atoms with van der Waals surface area (Å²) < 4.78 is 23.3. The van der Waals surface area contributed by atoms with Gasteiger partial charge in [-0.3, -0.25) is 0 Å². The van der Waals surface area contributed by atoms with E-state index in [1.54, 1.807) is 0 Å². The quantitative estimate of drug-likeness (QED) is 0.600. The van der Waals surface area contributed by atoms with Crippen LogP contribution in [0.2, 0.25) is 0 Å². The Bertz CT molecular complexity index is 235. The topological polar surface area (TPSA) is 89.4 Å². The number of hydrogen-bond donors (Lipinski definition) is 2. The number of nitrogens with two attached hydrogens (primary N) is 2. The van der Waals surface area contributed by atoms with E-state index in [2.05, 4.69) is 0 Å². The van der Waals surface area contributed by atoms with Gasteiger partial charge in [-0.05, 0) is 12.8 Å². The predicted octanol–water partition coefficient (Wildman–Crippen LogP) is -0.997. The van der Waals surface area contributed by atoms with Crippen molar-refractivity contribution in [2.45, 2.75) is 25.3 Å². The molecule has 0 aromatic heterocycles. The van der Waals surface area contributed by atoms with Gasteiger partial charge in [-0.15, -0.1) is 0 Å². The van der Waals surface area contributed by atoms with E-state index in [4.69, 9.17) is 10.9 Å². The minimum Gasteiger partial charge on any atom is -0.329 e. The maximum absolute atomic E-state index is 11.0. The van der Waals surface area contributed by atoms with Crippen LogP contribution in [-0.2, 0) is 10.2 Å². The molecule has 4 N–H and O–H groups in total. The lowest BCUT2D eigenvalue weighted by Gasteiger charge is -2.34. The molecule has 5 nitrogen and oxygen atoms in total. The van der Waals surface area contributed by atoms with E-state index >= 15 is 0 Å². The van der Waals surface area contributed by atoms with Crippen molar-refractivity contribution < 1.29 is 8.42 Å². The molecule has 0 spiro atoms. The van der Waals surface area contributed by atoms with Gasteiger partial charge in [0.15, 0.2) is 0 Å². The van der Waals surface area contributed by atoms with E-state index in [1.165, 1.54) is 4.31 Å². The zero-order valence-corrected chi connectivity index (χ0v) is 7.76. The van der Waals surface area contributed by atoms with Gasteiger partial charge in [0.1, 0.15) is 0 Å². The van der Waals surface area contributed by atoms with E-state index in [1.807, 2.05) is 0 Å². The first-order valence-electron chi connectivity index (χ1n) is 4.05. The Labute approximate surface area is 72.9 Å². The molecule has 0 aromatic carbocycles. The Morgan fingerprint density at radius 1 is 1.42 bits per heavy atom. The number of nitrogens with zero attached hydrogens (tertiary/aromatic N) is 1. The first-order chi connectivity index (χ1) is 5.55. The van der Waals surface area contributed by atoms with E-state index in [-0.39, 0.29) is 6.04 Å². The van der Waals surface area contributed by atoms with Crippen LogP contribution in [0.25, 0.3) is 0 Å². The van der Waals surface area contributed by atoms with E-state index in [0.29, 0.717) is 13.1 Å². The molecular formula is C6H15N3O2S. The second-order valence-electron chi connectivity index (χ2n) is 3.03. The molecule has 0 heterocycles. The van der Waals surface area contributed by atoms with Gasteiger partial charge in [0.25, 0.3) is 10.2 Å². The Morgan fingerprint density at radius 2 is 2.00 bits per heavy atom. The van der Waals surface area contributed by atoms with Crippen molar-refractivity contribution in [2.75, 3.05) is 13.1 Å². The Hall–Kier alpha value is -0.170. The summed E-state index contributed by atoms with van der Waals surface area (Å²) in [6.07, 6.45) is 2.91. The van der Waals surface area contributed by atoms with Gasteiger partial charge in [0.2, 0.25) is 0 Å². The van der Waals surface area contributed by atoms with Crippen LogP contribution < -0.4 is 10.9 Å². The van der Waals surface area contributed by atoms with Crippen molar-refractivity contribution in [1.29, 1.82) is 0 Å². The number of rotatable bonds is 4. The maximum atomic E-state index is 11.0. The smallest absolute Gasteiger partial charge is 0.277 e. The molecule has 0 aromatic rings. The third-order valence-corrected chi connectivity index (χ3v) is 3.29. The summed E-state index contributed by atoms with van der Waals surface area (Å²) in [7, 11) is -3.53. The standard InChI is InChI=1S/C6H15N3O2S/c7-4-5-9(12(8,10)11)6-2-1-3-6/h6H,1-5,7H2,(H2,8,10,11). The van der Waals surface area contributed by atoms with Crippen LogP contribution in [0.3, 0.4) is 0 Å². The van der Waals surface area contributed by atoms with Crippen molar-refractivity contribution in [3.05, 3.63) is 0 Å². The first-order valence-corrected chi connectivity index (χ1v) is 5.55.